The van der Waals surface area contributed by atoms with Gasteiger partial charge < -0.3 is 9.47 Å². The van der Waals surface area contributed by atoms with Crippen molar-refractivity contribution in [2.45, 2.75) is 39.3 Å². The topological polar surface area (TPSA) is 76.2 Å². The van der Waals surface area contributed by atoms with Gasteiger partial charge in [0.15, 0.2) is 0 Å². The lowest BCUT2D eigenvalue weighted by Crippen LogP contribution is -2.48. The molecule has 0 spiro atoms. The Kier molecular flexibility index (Phi) is 5.74. The number of amides is 3. The van der Waals surface area contributed by atoms with Gasteiger partial charge in [0, 0.05) is 6.92 Å². The SMILES string of the molecule is CC(=O)N(CC1COC(=O)N1c1ccc(I)s1)C(=O)OC(C)(C)C. The number of hydrogen-bond acceptors (Lipinski definition) is 6. The molecular formula is C15H19IN2O5S. The van der Waals surface area contributed by atoms with Crippen molar-refractivity contribution in [1.82, 2.24) is 4.90 Å². The first-order chi connectivity index (χ1) is 11.1. The van der Waals surface area contributed by atoms with Crippen LogP contribution in [0.25, 0.3) is 0 Å². The van der Waals surface area contributed by atoms with E-state index in [1.807, 2.05) is 12.1 Å². The molecule has 24 heavy (non-hydrogen) atoms. The van der Waals surface area contributed by atoms with Gasteiger partial charge in [0.05, 0.1) is 15.5 Å². The first kappa shape index (κ1) is 19.0. The molecule has 0 aliphatic carbocycles. The van der Waals surface area contributed by atoms with Crippen molar-refractivity contribution < 1.29 is 23.9 Å². The fourth-order valence-corrected chi connectivity index (χ4v) is 3.81. The largest absolute Gasteiger partial charge is 0.447 e. The highest BCUT2D eigenvalue weighted by atomic mass is 127. The number of imide groups is 1. The van der Waals surface area contributed by atoms with E-state index in [0.717, 1.165) is 12.8 Å². The second-order valence-corrected chi connectivity index (χ2v) is 9.24. The average Bonchev–Trinajstić information content (AvgIpc) is 2.99. The van der Waals surface area contributed by atoms with Crippen LogP contribution in [0.15, 0.2) is 12.1 Å². The van der Waals surface area contributed by atoms with Crippen LogP contribution in [-0.2, 0) is 14.3 Å². The van der Waals surface area contributed by atoms with Crippen LogP contribution in [0.2, 0.25) is 0 Å². The van der Waals surface area contributed by atoms with Gasteiger partial charge in [0.25, 0.3) is 0 Å². The lowest BCUT2D eigenvalue weighted by molar-refractivity contribution is -0.128. The van der Waals surface area contributed by atoms with Gasteiger partial charge in [-0.25, -0.2) is 14.5 Å². The smallest absolute Gasteiger partial charge is 0.417 e. The number of halogens is 1. The summed E-state index contributed by atoms with van der Waals surface area (Å²) in [7, 11) is 0. The second kappa shape index (κ2) is 7.26. The van der Waals surface area contributed by atoms with Crippen molar-refractivity contribution in [3.8, 4) is 0 Å². The third kappa shape index (κ3) is 4.59. The molecule has 1 aliphatic heterocycles. The van der Waals surface area contributed by atoms with Crippen LogP contribution in [0.5, 0.6) is 0 Å². The summed E-state index contributed by atoms with van der Waals surface area (Å²) in [6.07, 6.45) is -1.21. The molecule has 0 N–H and O–H groups in total. The zero-order valence-electron chi connectivity index (χ0n) is 13.9. The minimum Gasteiger partial charge on any atom is -0.447 e. The summed E-state index contributed by atoms with van der Waals surface area (Å²) in [6, 6.07) is 3.26. The van der Waals surface area contributed by atoms with Gasteiger partial charge in [-0.3, -0.25) is 9.69 Å². The highest BCUT2D eigenvalue weighted by Crippen LogP contribution is 2.31. The minimum absolute atomic E-state index is 0.0183. The molecule has 3 amide bonds. The maximum atomic E-state index is 12.3. The van der Waals surface area contributed by atoms with Crippen LogP contribution in [0.4, 0.5) is 14.6 Å². The lowest BCUT2D eigenvalue weighted by atomic mass is 10.2. The zero-order chi connectivity index (χ0) is 18.1. The predicted octanol–water partition coefficient (Wildman–Crippen LogP) is 3.46. The second-order valence-electron chi connectivity index (χ2n) is 6.29. The molecule has 7 nitrogen and oxygen atoms in total. The van der Waals surface area contributed by atoms with Crippen LogP contribution in [0.3, 0.4) is 0 Å². The molecule has 1 fully saturated rings. The maximum absolute atomic E-state index is 12.3. The van der Waals surface area contributed by atoms with Gasteiger partial charge in [-0.15, -0.1) is 11.3 Å². The molecule has 1 aliphatic rings. The molecular weight excluding hydrogens is 447 g/mol. The van der Waals surface area contributed by atoms with Crippen LogP contribution < -0.4 is 4.90 Å². The number of rotatable bonds is 3. The number of carbonyl (C=O) groups excluding carboxylic acids is 3. The van der Waals surface area contributed by atoms with Gasteiger partial charge in [0.2, 0.25) is 5.91 Å². The predicted molar refractivity (Wildman–Crippen MR) is 98.3 cm³/mol. The van der Waals surface area contributed by atoms with Crippen LogP contribution in [0.1, 0.15) is 27.7 Å². The fraction of sp³-hybridized carbons (Fsp3) is 0.533. The van der Waals surface area contributed by atoms with Gasteiger partial charge in [-0.05, 0) is 55.5 Å². The molecule has 132 valence electrons. The molecule has 2 heterocycles. The van der Waals surface area contributed by atoms with E-state index >= 15 is 0 Å². The Labute approximate surface area is 158 Å². The van der Waals surface area contributed by atoms with Gasteiger partial charge >= 0.3 is 12.2 Å². The molecule has 0 radical (unpaired) electrons. The van der Waals surface area contributed by atoms with Gasteiger partial charge in [-0.2, -0.15) is 0 Å². The van der Waals surface area contributed by atoms with Crippen molar-refractivity contribution in [3.63, 3.8) is 0 Å². The Morgan fingerprint density at radius 3 is 2.62 bits per heavy atom. The van der Waals surface area contributed by atoms with Crippen LogP contribution >= 0.6 is 33.9 Å². The summed E-state index contributed by atoms with van der Waals surface area (Å²) in [4.78, 5) is 38.6. The van der Waals surface area contributed by atoms with E-state index < -0.39 is 29.7 Å². The molecule has 1 aromatic rings. The van der Waals surface area contributed by atoms with Crippen molar-refractivity contribution in [2.75, 3.05) is 18.1 Å². The third-order valence-corrected chi connectivity index (χ3v) is 5.04. The summed E-state index contributed by atoms with van der Waals surface area (Å²) >= 11 is 3.60. The molecule has 0 bridgehead atoms. The monoisotopic (exact) mass is 466 g/mol. The molecule has 1 saturated heterocycles. The van der Waals surface area contributed by atoms with E-state index in [2.05, 4.69) is 22.6 Å². The Balaban J connectivity index is 2.17. The molecule has 1 aromatic heterocycles. The van der Waals surface area contributed by atoms with Crippen LogP contribution in [-0.4, -0.2) is 47.8 Å². The average molecular weight is 466 g/mol. The Hall–Kier alpha value is -1.36. The molecule has 1 atom stereocenters. The third-order valence-electron chi connectivity index (χ3n) is 3.14. The van der Waals surface area contributed by atoms with E-state index in [4.69, 9.17) is 9.47 Å². The van der Waals surface area contributed by atoms with Crippen molar-refractivity contribution >= 4 is 57.0 Å². The van der Waals surface area contributed by atoms with Crippen molar-refractivity contribution in [1.29, 1.82) is 0 Å². The minimum atomic E-state index is -0.727. The van der Waals surface area contributed by atoms with E-state index in [1.54, 1.807) is 20.8 Å². The molecule has 9 heteroatoms. The normalized spacial score (nSPS) is 17.6. The van der Waals surface area contributed by atoms with E-state index in [-0.39, 0.29) is 13.2 Å². The number of anilines is 1. The number of carbonyl (C=O) groups is 3. The maximum Gasteiger partial charge on any atom is 0.417 e. The summed E-state index contributed by atoms with van der Waals surface area (Å²) in [5, 5.41) is 0.722. The summed E-state index contributed by atoms with van der Waals surface area (Å²) < 4.78 is 11.4. The number of nitrogens with zero attached hydrogens (tertiary/aromatic N) is 2. The Morgan fingerprint density at radius 1 is 1.46 bits per heavy atom. The molecule has 0 aromatic carbocycles. The zero-order valence-corrected chi connectivity index (χ0v) is 16.8. The standard InChI is InChI=1S/C15H19IN2O5S/c1-9(19)17(13(20)23-15(2,3)4)7-10-8-22-14(21)18(10)12-6-5-11(16)24-12/h5-6,10H,7-8H2,1-4H3. The Morgan fingerprint density at radius 2 is 2.12 bits per heavy atom. The first-order valence-electron chi connectivity index (χ1n) is 7.31. The molecule has 0 saturated carbocycles. The summed E-state index contributed by atoms with van der Waals surface area (Å²) in [6.45, 7) is 6.60. The van der Waals surface area contributed by atoms with Crippen molar-refractivity contribution in [3.05, 3.63) is 15.0 Å². The highest BCUT2D eigenvalue weighted by Gasteiger charge is 2.38. The summed E-state index contributed by atoms with van der Waals surface area (Å²) in [5.74, 6) is -0.440. The number of thiophene rings is 1. The number of ether oxygens (including phenoxy) is 2. The van der Waals surface area contributed by atoms with Crippen molar-refractivity contribution in [2.24, 2.45) is 0 Å². The van der Waals surface area contributed by atoms with E-state index in [0.29, 0.717) is 0 Å². The number of hydrogen-bond donors (Lipinski definition) is 0. The highest BCUT2D eigenvalue weighted by molar-refractivity contribution is 14.1. The number of cyclic esters (lactones) is 1. The van der Waals surface area contributed by atoms with E-state index in [9.17, 15) is 14.4 Å². The summed E-state index contributed by atoms with van der Waals surface area (Å²) in [5.41, 5.74) is -0.712. The lowest BCUT2D eigenvalue weighted by Gasteiger charge is -2.28. The Bertz CT molecular complexity index is 655. The fourth-order valence-electron chi connectivity index (χ4n) is 2.16. The van der Waals surface area contributed by atoms with Gasteiger partial charge in [0.1, 0.15) is 17.2 Å². The quantitative estimate of drug-likeness (QED) is 0.638. The first-order valence-corrected chi connectivity index (χ1v) is 9.20. The molecule has 1 unspecified atom stereocenters. The molecule has 2 rings (SSSR count). The van der Waals surface area contributed by atoms with Crippen LogP contribution in [0, 0.1) is 2.88 Å². The van der Waals surface area contributed by atoms with E-state index in [1.165, 1.54) is 23.2 Å². The van der Waals surface area contributed by atoms with Gasteiger partial charge in [-0.1, -0.05) is 0 Å².